The Morgan fingerprint density at radius 3 is 2.33 bits per heavy atom. The fraction of sp³-hybridized carbons (Fsp3) is 0.143. The maximum atomic E-state index is 12.8. The summed E-state index contributed by atoms with van der Waals surface area (Å²) >= 11 is 0. The number of aryl methyl sites for hydroxylation is 1. The van der Waals surface area contributed by atoms with E-state index in [0.717, 1.165) is 11.1 Å². The van der Waals surface area contributed by atoms with E-state index in [1.165, 1.54) is 17.7 Å². The summed E-state index contributed by atoms with van der Waals surface area (Å²) in [6.07, 6.45) is 4.51. The molecular formula is C14H15F. The van der Waals surface area contributed by atoms with Gasteiger partial charge in [-0.25, -0.2) is 4.39 Å². The van der Waals surface area contributed by atoms with Crippen LogP contribution in [0.1, 0.15) is 18.1 Å². The molecule has 0 bridgehead atoms. The molecular weight excluding hydrogens is 187 g/mol. The Kier molecular flexibility index (Phi) is 4.04. The second kappa shape index (κ2) is 5.30. The first-order valence-electron chi connectivity index (χ1n) is 4.89. The van der Waals surface area contributed by atoms with E-state index in [0.29, 0.717) is 0 Å². The van der Waals surface area contributed by atoms with Crippen LogP contribution in [0.3, 0.4) is 0 Å². The Bertz CT molecular complexity index is 394. The average molecular weight is 202 g/mol. The van der Waals surface area contributed by atoms with Crippen LogP contribution in [-0.4, -0.2) is 0 Å². The van der Waals surface area contributed by atoms with Gasteiger partial charge in [0, 0.05) is 0 Å². The highest BCUT2D eigenvalue weighted by atomic mass is 19.1. The molecule has 0 aliphatic rings. The lowest BCUT2D eigenvalue weighted by Crippen LogP contribution is -1.79. The van der Waals surface area contributed by atoms with Gasteiger partial charge in [-0.05, 0) is 31.1 Å². The Balaban J connectivity index is 2.78. The highest BCUT2D eigenvalue weighted by Crippen LogP contribution is 2.15. The van der Waals surface area contributed by atoms with Crippen LogP contribution >= 0.6 is 0 Å². The lowest BCUT2D eigenvalue weighted by molar-refractivity contribution is 0.665. The summed E-state index contributed by atoms with van der Waals surface area (Å²) in [5.41, 5.74) is 3.03. The molecule has 0 unspecified atom stereocenters. The number of halogens is 1. The van der Waals surface area contributed by atoms with Gasteiger partial charge in [0.2, 0.25) is 0 Å². The minimum atomic E-state index is -0.247. The molecule has 1 rings (SSSR count). The quantitative estimate of drug-likeness (QED) is 0.636. The van der Waals surface area contributed by atoms with Crippen molar-refractivity contribution in [1.82, 2.24) is 0 Å². The molecule has 0 aromatic heterocycles. The molecule has 0 aliphatic heterocycles. The molecule has 0 atom stereocenters. The van der Waals surface area contributed by atoms with Gasteiger partial charge in [0.25, 0.3) is 0 Å². The predicted molar refractivity (Wildman–Crippen MR) is 64.2 cm³/mol. The van der Waals surface area contributed by atoms with E-state index < -0.39 is 0 Å². The van der Waals surface area contributed by atoms with E-state index in [2.05, 4.69) is 6.58 Å². The highest BCUT2D eigenvalue weighted by Gasteiger charge is 1.94. The van der Waals surface area contributed by atoms with Crippen LogP contribution < -0.4 is 0 Å². The van der Waals surface area contributed by atoms with Crippen molar-refractivity contribution in [2.75, 3.05) is 0 Å². The predicted octanol–water partition coefficient (Wildman–Crippen LogP) is 4.44. The Hall–Kier alpha value is -1.63. The summed E-state index contributed by atoms with van der Waals surface area (Å²) in [6.45, 7) is 7.57. The number of benzene rings is 1. The van der Waals surface area contributed by atoms with Crippen LogP contribution in [0.2, 0.25) is 0 Å². The summed E-state index contributed by atoms with van der Waals surface area (Å²) in [7, 11) is 0. The van der Waals surface area contributed by atoms with Gasteiger partial charge in [-0.2, -0.15) is 0 Å². The van der Waals surface area contributed by atoms with E-state index in [1.54, 1.807) is 13.0 Å². The van der Waals surface area contributed by atoms with Gasteiger partial charge >= 0.3 is 0 Å². The van der Waals surface area contributed by atoms with E-state index >= 15 is 0 Å². The molecule has 1 aromatic rings. The van der Waals surface area contributed by atoms with Crippen LogP contribution in [-0.2, 0) is 0 Å². The van der Waals surface area contributed by atoms with Crippen molar-refractivity contribution in [3.63, 3.8) is 0 Å². The molecule has 0 radical (unpaired) electrons. The zero-order valence-electron chi connectivity index (χ0n) is 9.13. The van der Waals surface area contributed by atoms with Crippen LogP contribution in [0.5, 0.6) is 0 Å². The Labute approximate surface area is 90.4 Å². The second-order valence-corrected chi connectivity index (χ2v) is 3.40. The first kappa shape index (κ1) is 11.4. The van der Waals surface area contributed by atoms with Gasteiger partial charge in [-0.15, -0.1) is 0 Å². The third kappa shape index (κ3) is 3.55. The van der Waals surface area contributed by atoms with Crippen molar-refractivity contribution in [2.45, 2.75) is 13.8 Å². The minimum Gasteiger partial charge on any atom is -0.207 e. The van der Waals surface area contributed by atoms with Crippen molar-refractivity contribution >= 4 is 5.57 Å². The van der Waals surface area contributed by atoms with E-state index in [9.17, 15) is 4.39 Å². The average Bonchev–Trinajstić information content (AvgIpc) is 2.26. The van der Waals surface area contributed by atoms with Crippen LogP contribution in [0.25, 0.3) is 5.57 Å². The number of rotatable bonds is 3. The first-order valence-corrected chi connectivity index (χ1v) is 4.89. The van der Waals surface area contributed by atoms with Crippen LogP contribution in [0.4, 0.5) is 4.39 Å². The van der Waals surface area contributed by atoms with Gasteiger partial charge in [-0.3, -0.25) is 0 Å². The third-order valence-corrected chi connectivity index (χ3v) is 2.14. The summed E-state index contributed by atoms with van der Waals surface area (Å²) in [6, 6.07) is 7.99. The number of hydrogen-bond acceptors (Lipinski definition) is 0. The largest absolute Gasteiger partial charge is 0.207 e. The molecule has 0 spiro atoms. The van der Waals surface area contributed by atoms with E-state index in [-0.39, 0.29) is 5.83 Å². The molecule has 1 aromatic carbocycles. The standard InChI is InChI=1S/C14H15F/c1-4-14(15)10-7-12(3)13-8-5-11(2)6-9-13/h4-10H,3H2,1-2H3/b10-7-,14-4+. The van der Waals surface area contributed by atoms with Crippen molar-refractivity contribution < 1.29 is 4.39 Å². The van der Waals surface area contributed by atoms with Crippen molar-refractivity contribution in [2.24, 2.45) is 0 Å². The van der Waals surface area contributed by atoms with Crippen molar-refractivity contribution in [3.8, 4) is 0 Å². The first-order chi connectivity index (χ1) is 7.13. The van der Waals surface area contributed by atoms with E-state index in [1.807, 2.05) is 31.2 Å². The van der Waals surface area contributed by atoms with Gasteiger partial charge in [-0.1, -0.05) is 48.6 Å². The SMILES string of the molecule is C=C(/C=C\C(F)=C/C)c1ccc(C)cc1. The Morgan fingerprint density at radius 2 is 1.80 bits per heavy atom. The lowest BCUT2D eigenvalue weighted by Gasteiger charge is -2.00. The minimum absolute atomic E-state index is 0.247. The van der Waals surface area contributed by atoms with E-state index in [4.69, 9.17) is 0 Å². The zero-order chi connectivity index (χ0) is 11.3. The summed E-state index contributed by atoms with van der Waals surface area (Å²) in [4.78, 5) is 0. The molecule has 0 fully saturated rings. The van der Waals surface area contributed by atoms with Gasteiger partial charge in [0.15, 0.2) is 0 Å². The normalized spacial score (nSPS) is 12.1. The van der Waals surface area contributed by atoms with Crippen LogP contribution in [0.15, 0.2) is 54.9 Å². The molecule has 0 saturated heterocycles. The number of hydrogen-bond donors (Lipinski definition) is 0. The molecule has 0 aliphatic carbocycles. The number of allylic oxidation sites excluding steroid dienone is 5. The fourth-order valence-electron chi connectivity index (χ4n) is 1.14. The smallest absolute Gasteiger partial charge is 0.118 e. The molecule has 0 heterocycles. The molecule has 15 heavy (non-hydrogen) atoms. The summed E-state index contributed by atoms with van der Waals surface area (Å²) in [5, 5.41) is 0. The monoisotopic (exact) mass is 202 g/mol. The van der Waals surface area contributed by atoms with Gasteiger partial charge < -0.3 is 0 Å². The molecule has 78 valence electrons. The molecule has 0 amide bonds. The van der Waals surface area contributed by atoms with Crippen LogP contribution in [0, 0.1) is 6.92 Å². The molecule has 0 N–H and O–H groups in total. The highest BCUT2D eigenvalue weighted by molar-refractivity contribution is 5.72. The second-order valence-electron chi connectivity index (χ2n) is 3.40. The maximum absolute atomic E-state index is 12.8. The lowest BCUT2D eigenvalue weighted by atomic mass is 10.1. The molecule has 1 heteroatoms. The Morgan fingerprint density at radius 1 is 1.20 bits per heavy atom. The summed E-state index contributed by atoms with van der Waals surface area (Å²) < 4.78 is 12.8. The summed E-state index contributed by atoms with van der Waals surface area (Å²) in [5.74, 6) is -0.247. The van der Waals surface area contributed by atoms with Gasteiger partial charge in [0.05, 0.1) is 0 Å². The molecule has 0 saturated carbocycles. The molecule has 0 nitrogen and oxygen atoms in total. The fourth-order valence-corrected chi connectivity index (χ4v) is 1.14. The van der Waals surface area contributed by atoms with Gasteiger partial charge in [0.1, 0.15) is 5.83 Å². The third-order valence-electron chi connectivity index (χ3n) is 2.14. The maximum Gasteiger partial charge on any atom is 0.118 e. The van der Waals surface area contributed by atoms with Crippen molar-refractivity contribution in [1.29, 1.82) is 0 Å². The topological polar surface area (TPSA) is 0 Å². The van der Waals surface area contributed by atoms with Crippen molar-refractivity contribution in [3.05, 3.63) is 66.0 Å². The zero-order valence-corrected chi connectivity index (χ0v) is 9.13.